The predicted molar refractivity (Wildman–Crippen MR) is 92.5 cm³/mol. The predicted octanol–water partition coefficient (Wildman–Crippen LogP) is 3.14. The van der Waals surface area contributed by atoms with Crippen LogP contribution in [-0.4, -0.2) is 46.6 Å². The summed E-state index contributed by atoms with van der Waals surface area (Å²) in [6.45, 7) is 3.44. The fraction of sp³-hybridized carbons (Fsp3) is 0.353. The van der Waals surface area contributed by atoms with Crippen LogP contribution in [0.1, 0.15) is 29.9 Å². The average Bonchev–Trinajstić information content (AvgIpc) is 3.08. The molecule has 0 spiro atoms. The number of thiazole rings is 1. The fourth-order valence-electron chi connectivity index (χ4n) is 2.18. The zero-order valence-corrected chi connectivity index (χ0v) is 14.7. The van der Waals surface area contributed by atoms with E-state index in [1.807, 2.05) is 38.1 Å². The summed E-state index contributed by atoms with van der Waals surface area (Å²) < 4.78 is 5.12. The highest BCUT2D eigenvalue weighted by Gasteiger charge is 2.24. The van der Waals surface area contributed by atoms with Crippen LogP contribution in [0, 0.1) is 0 Å². The van der Waals surface area contributed by atoms with Crippen LogP contribution in [0.5, 0.6) is 5.75 Å². The number of carboxylic acid groups (broad SMARTS) is 1. The molecule has 1 unspecified atom stereocenters. The van der Waals surface area contributed by atoms with Crippen LogP contribution < -0.4 is 4.74 Å². The zero-order valence-electron chi connectivity index (χ0n) is 13.9. The molecule has 0 saturated heterocycles. The standard InChI is InChI=1S/C17H20N2O4S/c1-4-11(2)19(10-15(20)21)17(22)14-9-18-16(24-14)12-5-7-13(23-3)8-6-12/h5-9,11H,4,10H2,1-3H3,(H,20,21). The summed E-state index contributed by atoms with van der Waals surface area (Å²) in [7, 11) is 1.60. The Hall–Kier alpha value is -2.41. The molecule has 1 atom stereocenters. The highest BCUT2D eigenvalue weighted by Crippen LogP contribution is 2.28. The molecule has 0 radical (unpaired) electrons. The van der Waals surface area contributed by atoms with Gasteiger partial charge in [-0.15, -0.1) is 11.3 Å². The molecule has 1 N–H and O–H groups in total. The molecular weight excluding hydrogens is 328 g/mol. The lowest BCUT2D eigenvalue weighted by Crippen LogP contribution is -2.41. The molecule has 2 aromatic rings. The molecular formula is C17H20N2O4S. The summed E-state index contributed by atoms with van der Waals surface area (Å²) in [5, 5.41) is 9.75. The largest absolute Gasteiger partial charge is 0.497 e. The minimum Gasteiger partial charge on any atom is -0.497 e. The van der Waals surface area contributed by atoms with Gasteiger partial charge < -0.3 is 14.7 Å². The molecule has 0 saturated carbocycles. The van der Waals surface area contributed by atoms with Gasteiger partial charge in [-0.3, -0.25) is 9.59 Å². The Morgan fingerprint density at radius 3 is 2.54 bits per heavy atom. The Balaban J connectivity index is 2.23. The third-order valence-electron chi connectivity index (χ3n) is 3.74. The Morgan fingerprint density at radius 1 is 1.33 bits per heavy atom. The number of hydrogen-bond donors (Lipinski definition) is 1. The number of ether oxygens (including phenoxy) is 1. The molecule has 128 valence electrons. The molecule has 6 nitrogen and oxygen atoms in total. The molecule has 24 heavy (non-hydrogen) atoms. The lowest BCUT2D eigenvalue weighted by atomic mass is 10.2. The van der Waals surface area contributed by atoms with Crippen LogP contribution in [0.4, 0.5) is 0 Å². The van der Waals surface area contributed by atoms with E-state index in [2.05, 4.69) is 4.98 Å². The van der Waals surface area contributed by atoms with Gasteiger partial charge in [0.1, 0.15) is 22.2 Å². The van der Waals surface area contributed by atoms with Gasteiger partial charge in [0.15, 0.2) is 0 Å². The number of hydrogen-bond acceptors (Lipinski definition) is 5. The Kier molecular flexibility index (Phi) is 5.92. The van der Waals surface area contributed by atoms with Gasteiger partial charge >= 0.3 is 5.97 Å². The third-order valence-corrected chi connectivity index (χ3v) is 4.78. The van der Waals surface area contributed by atoms with Crippen LogP contribution in [0.15, 0.2) is 30.5 Å². The number of rotatable bonds is 7. The monoisotopic (exact) mass is 348 g/mol. The molecule has 1 aromatic carbocycles. The van der Waals surface area contributed by atoms with Gasteiger partial charge in [-0.2, -0.15) is 0 Å². The summed E-state index contributed by atoms with van der Waals surface area (Å²) >= 11 is 1.25. The summed E-state index contributed by atoms with van der Waals surface area (Å²) in [6, 6.07) is 7.24. The van der Waals surface area contributed by atoms with E-state index in [4.69, 9.17) is 9.84 Å². The van der Waals surface area contributed by atoms with Gasteiger partial charge in [-0.25, -0.2) is 4.98 Å². The van der Waals surface area contributed by atoms with Gasteiger partial charge in [-0.1, -0.05) is 6.92 Å². The van der Waals surface area contributed by atoms with Gasteiger partial charge in [-0.05, 0) is 37.6 Å². The van der Waals surface area contributed by atoms with Crippen molar-refractivity contribution in [3.05, 3.63) is 35.3 Å². The number of methoxy groups -OCH3 is 1. The number of nitrogens with zero attached hydrogens (tertiary/aromatic N) is 2. The zero-order chi connectivity index (χ0) is 17.7. The number of carbonyl (C=O) groups excluding carboxylic acids is 1. The maximum atomic E-state index is 12.6. The van der Waals surface area contributed by atoms with E-state index < -0.39 is 5.97 Å². The molecule has 7 heteroatoms. The fourth-order valence-corrected chi connectivity index (χ4v) is 3.05. The van der Waals surface area contributed by atoms with Crippen LogP contribution in [0.3, 0.4) is 0 Å². The van der Waals surface area contributed by atoms with E-state index in [1.165, 1.54) is 22.4 Å². The number of aliphatic carboxylic acids is 1. The summed E-state index contributed by atoms with van der Waals surface area (Å²) in [4.78, 5) is 29.8. The smallest absolute Gasteiger partial charge is 0.323 e. The first-order chi connectivity index (χ1) is 11.5. The number of carboxylic acids is 1. The highest BCUT2D eigenvalue weighted by atomic mass is 32.1. The Bertz CT molecular complexity index is 712. The second kappa shape index (κ2) is 7.92. The Labute approximate surface area is 144 Å². The van der Waals surface area contributed by atoms with Gasteiger partial charge in [0.2, 0.25) is 0 Å². The van der Waals surface area contributed by atoms with E-state index in [0.29, 0.717) is 16.3 Å². The number of aromatic nitrogens is 1. The van der Waals surface area contributed by atoms with E-state index in [1.54, 1.807) is 7.11 Å². The van der Waals surface area contributed by atoms with Gasteiger partial charge in [0, 0.05) is 11.6 Å². The van der Waals surface area contributed by atoms with Crippen molar-refractivity contribution in [3.63, 3.8) is 0 Å². The van der Waals surface area contributed by atoms with Crippen LogP contribution in [0.2, 0.25) is 0 Å². The SMILES string of the molecule is CCC(C)N(CC(=O)O)C(=O)c1cnc(-c2ccc(OC)cc2)s1. The van der Waals surface area contributed by atoms with E-state index in [0.717, 1.165) is 11.3 Å². The Morgan fingerprint density at radius 2 is 2.00 bits per heavy atom. The number of amides is 1. The second-order valence-corrected chi connectivity index (χ2v) is 6.37. The first kappa shape index (κ1) is 17.9. The first-order valence-corrected chi connectivity index (χ1v) is 8.41. The van der Waals surface area contributed by atoms with Crippen molar-refractivity contribution in [1.82, 2.24) is 9.88 Å². The van der Waals surface area contributed by atoms with Crippen molar-refractivity contribution < 1.29 is 19.4 Å². The molecule has 0 aliphatic heterocycles. The van der Waals surface area contributed by atoms with Crippen molar-refractivity contribution in [2.45, 2.75) is 26.3 Å². The maximum Gasteiger partial charge on any atom is 0.323 e. The van der Waals surface area contributed by atoms with Crippen molar-refractivity contribution in [1.29, 1.82) is 0 Å². The lowest BCUT2D eigenvalue weighted by Gasteiger charge is -2.26. The first-order valence-electron chi connectivity index (χ1n) is 7.59. The van der Waals surface area contributed by atoms with Crippen molar-refractivity contribution >= 4 is 23.2 Å². The summed E-state index contributed by atoms with van der Waals surface area (Å²) in [6.07, 6.45) is 2.19. The number of benzene rings is 1. The van der Waals surface area contributed by atoms with E-state index in [-0.39, 0.29) is 18.5 Å². The normalized spacial score (nSPS) is 11.8. The molecule has 0 aliphatic rings. The van der Waals surface area contributed by atoms with Crippen molar-refractivity contribution in [2.24, 2.45) is 0 Å². The highest BCUT2D eigenvalue weighted by molar-refractivity contribution is 7.16. The molecule has 1 aromatic heterocycles. The maximum absolute atomic E-state index is 12.6. The van der Waals surface area contributed by atoms with Gasteiger partial charge in [0.25, 0.3) is 5.91 Å². The molecule has 0 aliphatic carbocycles. The van der Waals surface area contributed by atoms with Crippen molar-refractivity contribution in [3.8, 4) is 16.3 Å². The average molecular weight is 348 g/mol. The molecule has 0 bridgehead atoms. The van der Waals surface area contributed by atoms with Crippen LogP contribution in [-0.2, 0) is 4.79 Å². The minimum absolute atomic E-state index is 0.153. The van der Waals surface area contributed by atoms with Gasteiger partial charge in [0.05, 0.1) is 13.3 Å². The molecule has 2 rings (SSSR count). The molecule has 0 fully saturated rings. The van der Waals surface area contributed by atoms with Crippen molar-refractivity contribution in [2.75, 3.05) is 13.7 Å². The van der Waals surface area contributed by atoms with E-state index in [9.17, 15) is 9.59 Å². The third kappa shape index (κ3) is 4.11. The number of carbonyl (C=O) groups is 2. The molecule has 1 amide bonds. The molecule has 1 heterocycles. The second-order valence-electron chi connectivity index (χ2n) is 5.34. The minimum atomic E-state index is -1.02. The lowest BCUT2D eigenvalue weighted by molar-refractivity contribution is -0.138. The topological polar surface area (TPSA) is 79.7 Å². The summed E-state index contributed by atoms with van der Waals surface area (Å²) in [5.74, 6) is -0.580. The van der Waals surface area contributed by atoms with E-state index >= 15 is 0 Å². The summed E-state index contributed by atoms with van der Waals surface area (Å²) in [5.41, 5.74) is 0.883. The quantitative estimate of drug-likeness (QED) is 0.831. The van der Waals surface area contributed by atoms with Crippen LogP contribution >= 0.6 is 11.3 Å². The van der Waals surface area contributed by atoms with Crippen LogP contribution in [0.25, 0.3) is 10.6 Å².